The van der Waals surface area contributed by atoms with Crippen LogP contribution in [-0.4, -0.2) is 11.2 Å². The first-order valence-electron chi connectivity index (χ1n) is 6.24. The zero-order valence-corrected chi connectivity index (χ0v) is 14.3. The average Bonchev–Trinajstić information content (AvgIpc) is 2.93. The van der Waals surface area contributed by atoms with Gasteiger partial charge in [0, 0.05) is 15.6 Å². The highest BCUT2D eigenvalue weighted by Crippen LogP contribution is 2.40. The van der Waals surface area contributed by atoms with Gasteiger partial charge < -0.3 is 0 Å². The first kappa shape index (κ1) is 14.9. The molecule has 1 nitrogen and oxygen atoms in total. The highest BCUT2D eigenvalue weighted by molar-refractivity contribution is 8.00. The second kappa shape index (κ2) is 6.41. The number of hydrogen-bond donors (Lipinski definition) is 0. The van der Waals surface area contributed by atoms with E-state index >= 15 is 0 Å². The van der Waals surface area contributed by atoms with Gasteiger partial charge in [0.1, 0.15) is 0 Å². The fourth-order valence-corrected chi connectivity index (χ4v) is 3.83. The quantitative estimate of drug-likeness (QED) is 0.499. The normalized spacial score (nSPS) is 10.8. The third-order valence-corrected chi connectivity index (χ3v) is 5.60. The number of thioether (sulfide) groups is 1. The van der Waals surface area contributed by atoms with E-state index in [4.69, 9.17) is 28.2 Å². The topological polar surface area (TPSA) is 12.9 Å². The summed E-state index contributed by atoms with van der Waals surface area (Å²) in [6.07, 6.45) is 2.04. The third-order valence-electron chi connectivity index (χ3n) is 3.01. The van der Waals surface area contributed by atoms with Crippen LogP contribution in [0, 0.1) is 0 Å². The highest BCUT2D eigenvalue weighted by Gasteiger charge is 2.14. The first-order valence-corrected chi connectivity index (χ1v) is 9.04. The predicted octanol–water partition coefficient (Wildman–Crippen LogP) is 6.51. The van der Waals surface area contributed by atoms with Gasteiger partial charge in [-0.05, 0) is 36.1 Å². The minimum absolute atomic E-state index is 0.729. The lowest BCUT2D eigenvalue weighted by Crippen LogP contribution is -1.82. The molecule has 1 heterocycles. The summed E-state index contributed by atoms with van der Waals surface area (Å²) in [5.74, 6) is 0. The molecule has 0 N–H and O–H groups in total. The van der Waals surface area contributed by atoms with E-state index in [9.17, 15) is 0 Å². The zero-order chi connectivity index (χ0) is 14.8. The molecule has 5 heteroatoms. The predicted molar refractivity (Wildman–Crippen MR) is 94.8 cm³/mol. The van der Waals surface area contributed by atoms with Gasteiger partial charge in [0.05, 0.1) is 10.6 Å². The van der Waals surface area contributed by atoms with Crippen LogP contribution >= 0.6 is 46.3 Å². The van der Waals surface area contributed by atoms with Gasteiger partial charge in [-0.2, -0.15) is 0 Å². The molecule has 21 heavy (non-hydrogen) atoms. The summed E-state index contributed by atoms with van der Waals surface area (Å²) in [5.41, 5.74) is 3.19. The molecule has 0 atom stereocenters. The van der Waals surface area contributed by atoms with E-state index in [-0.39, 0.29) is 0 Å². The maximum Gasteiger partial charge on any atom is 0.150 e. The summed E-state index contributed by atoms with van der Waals surface area (Å²) >= 11 is 15.3. The minimum Gasteiger partial charge on any atom is -0.229 e. The number of nitrogens with zero attached hydrogens (tertiary/aromatic N) is 1. The summed E-state index contributed by atoms with van der Waals surface area (Å²) in [5, 5.41) is 1.47. The highest BCUT2D eigenvalue weighted by atomic mass is 35.5. The summed E-state index contributed by atoms with van der Waals surface area (Å²) in [7, 11) is 0. The van der Waals surface area contributed by atoms with Gasteiger partial charge in [0.15, 0.2) is 4.34 Å². The van der Waals surface area contributed by atoms with Crippen LogP contribution in [0.4, 0.5) is 0 Å². The lowest BCUT2D eigenvalue weighted by Gasteiger charge is -2.03. The maximum atomic E-state index is 5.97. The Balaban J connectivity index is 2.13. The van der Waals surface area contributed by atoms with Crippen LogP contribution < -0.4 is 0 Å². The van der Waals surface area contributed by atoms with Crippen LogP contribution in [0.1, 0.15) is 0 Å². The first-order chi connectivity index (χ1) is 10.2. The van der Waals surface area contributed by atoms with Crippen LogP contribution in [0.3, 0.4) is 0 Å². The number of hydrogen-bond acceptors (Lipinski definition) is 3. The summed E-state index contributed by atoms with van der Waals surface area (Å²) < 4.78 is 1.05. The molecule has 0 aliphatic heterocycles. The number of thiazole rings is 1. The lowest BCUT2D eigenvalue weighted by molar-refractivity contribution is 1.26. The smallest absolute Gasteiger partial charge is 0.150 e. The van der Waals surface area contributed by atoms with E-state index in [1.54, 1.807) is 23.1 Å². The van der Waals surface area contributed by atoms with E-state index < -0.39 is 0 Å². The van der Waals surface area contributed by atoms with Gasteiger partial charge >= 0.3 is 0 Å². The molecule has 0 spiro atoms. The Bertz CT molecular complexity index is 686. The molecule has 3 rings (SSSR count). The number of halogens is 2. The molecule has 0 aliphatic rings. The molecular formula is C16H11Cl2NS2. The van der Waals surface area contributed by atoms with Crippen LogP contribution in [0.25, 0.3) is 21.7 Å². The molecule has 0 aliphatic carbocycles. The Kier molecular flexibility index (Phi) is 4.55. The van der Waals surface area contributed by atoms with Crippen molar-refractivity contribution in [2.24, 2.45) is 0 Å². The van der Waals surface area contributed by atoms with Crippen molar-refractivity contribution in [2.75, 3.05) is 6.26 Å². The maximum absolute atomic E-state index is 5.97. The second-order valence-corrected chi connectivity index (χ2v) is 7.30. The summed E-state index contributed by atoms with van der Waals surface area (Å²) in [6.45, 7) is 0. The van der Waals surface area contributed by atoms with E-state index in [2.05, 4.69) is 0 Å². The monoisotopic (exact) mass is 351 g/mol. The molecule has 106 valence electrons. The summed E-state index contributed by atoms with van der Waals surface area (Å²) in [6, 6.07) is 15.6. The molecule has 0 saturated carbocycles. The second-order valence-electron chi connectivity index (χ2n) is 4.38. The largest absolute Gasteiger partial charge is 0.229 e. The van der Waals surface area contributed by atoms with Gasteiger partial charge in [-0.25, -0.2) is 4.98 Å². The average molecular weight is 352 g/mol. The number of aromatic nitrogens is 1. The molecule has 0 saturated heterocycles. The van der Waals surface area contributed by atoms with Gasteiger partial charge in [-0.3, -0.25) is 0 Å². The van der Waals surface area contributed by atoms with Gasteiger partial charge in [0.25, 0.3) is 0 Å². The molecule has 0 unspecified atom stereocenters. The van der Waals surface area contributed by atoms with Gasteiger partial charge in [0.2, 0.25) is 0 Å². The van der Waals surface area contributed by atoms with Crippen molar-refractivity contribution in [3.05, 3.63) is 58.6 Å². The molecule has 0 bridgehead atoms. The van der Waals surface area contributed by atoms with Gasteiger partial charge in [-0.1, -0.05) is 59.2 Å². The van der Waals surface area contributed by atoms with Crippen molar-refractivity contribution in [1.82, 2.24) is 4.98 Å². The fourth-order valence-electron chi connectivity index (χ4n) is 1.99. The molecule has 0 radical (unpaired) electrons. The van der Waals surface area contributed by atoms with Crippen LogP contribution in [0.5, 0.6) is 0 Å². The van der Waals surface area contributed by atoms with E-state index in [0.717, 1.165) is 36.1 Å². The van der Waals surface area contributed by atoms with Crippen molar-refractivity contribution >= 4 is 46.3 Å². The number of rotatable bonds is 3. The molecule has 0 fully saturated rings. The van der Waals surface area contributed by atoms with Crippen LogP contribution in [0.2, 0.25) is 10.0 Å². The molecule has 1 aromatic heterocycles. The Hall–Kier alpha value is -1.000. The van der Waals surface area contributed by atoms with Crippen molar-refractivity contribution < 1.29 is 0 Å². The Labute approximate surface area is 142 Å². The number of benzene rings is 2. The van der Waals surface area contributed by atoms with Crippen LogP contribution in [0.15, 0.2) is 52.9 Å². The van der Waals surface area contributed by atoms with Crippen molar-refractivity contribution in [3.8, 4) is 21.7 Å². The Morgan fingerprint density at radius 2 is 1.38 bits per heavy atom. The molecule has 0 amide bonds. The van der Waals surface area contributed by atoms with E-state index in [1.165, 1.54) is 0 Å². The Morgan fingerprint density at radius 3 is 1.90 bits per heavy atom. The molecular weight excluding hydrogens is 341 g/mol. The van der Waals surface area contributed by atoms with Crippen molar-refractivity contribution in [1.29, 1.82) is 0 Å². The van der Waals surface area contributed by atoms with E-state index in [1.807, 2.05) is 54.8 Å². The summed E-state index contributed by atoms with van der Waals surface area (Å²) in [4.78, 5) is 5.88. The minimum atomic E-state index is 0.729. The van der Waals surface area contributed by atoms with Crippen molar-refractivity contribution in [3.63, 3.8) is 0 Å². The van der Waals surface area contributed by atoms with Crippen LogP contribution in [-0.2, 0) is 0 Å². The van der Waals surface area contributed by atoms with E-state index in [0.29, 0.717) is 0 Å². The molecule has 3 aromatic rings. The van der Waals surface area contributed by atoms with Gasteiger partial charge in [-0.15, -0.1) is 11.3 Å². The van der Waals surface area contributed by atoms with Crippen molar-refractivity contribution in [2.45, 2.75) is 4.34 Å². The lowest BCUT2D eigenvalue weighted by atomic mass is 10.1. The molecule has 2 aromatic carbocycles. The standard InChI is InChI=1S/C16H11Cl2NS2/c1-20-16-19-14(10-2-6-12(17)7-3-10)15(21-16)11-4-8-13(18)9-5-11/h2-9H,1H3. The SMILES string of the molecule is CSc1nc(-c2ccc(Cl)cc2)c(-c2ccc(Cl)cc2)s1. The zero-order valence-electron chi connectivity index (χ0n) is 11.1. The third kappa shape index (κ3) is 3.27. The Morgan fingerprint density at radius 1 is 0.857 bits per heavy atom. The fraction of sp³-hybridized carbons (Fsp3) is 0.0625.